The molecule has 0 aromatic heterocycles. The van der Waals surface area contributed by atoms with Gasteiger partial charge in [0.2, 0.25) is 0 Å². The molecule has 0 spiro atoms. The molecule has 0 fully saturated rings. The van der Waals surface area contributed by atoms with Crippen LogP contribution in [0.3, 0.4) is 0 Å². The summed E-state index contributed by atoms with van der Waals surface area (Å²) in [6.45, 7) is 2.77. The van der Waals surface area contributed by atoms with Gasteiger partial charge in [-0.2, -0.15) is 0 Å². The maximum absolute atomic E-state index is 9.70. The molecule has 0 rings (SSSR count). The van der Waals surface area contributed by atoms with Crippen LogP contribution in [0, 0.1) is 0 Å². The van der Waals surface area contributed by atoms with Crippen LogP contribution in [0.5, 0.6) is 0 Å². The van der Waals surface area contributed by atoms with Crippen molar-refractivity contribution in [3.05, 3.63) is 0 Å². The predicted molar refractivity (Wildman–Crippen MR) is 34.5 cm³/mol. The Balaban J connectivity index is 0. The summed E-state index contributed by atoms with van der Waals surface area (Å²) in [6, 6.07) is 0. The summed E-state index contributed by atoms with van der Waals surface area (Å²) in [5.74, 6) is 0. The van der Waals surface area contributed by atoms with Crippen LogP contribution in [0.1, 0.15) is 26.2 Å². The molecular weight excluding hydrogens is 182 g/mol. The summed E-state index contributed by atoms with van der Waals surface area (Å²) in [4.78, 5) is 0. The second-order valence-corrected chi connectivity index (χ2v) is 2.09. The van der Waals surface area contributed by atoms with E-state index in [0.29, 0.717) is 6.61 Å². The molecule has 9 heavy (non-hydrogen) atoms. The summed E-state index contributed by atoms with van der Waals surface area (Å²) in [7, 11) is -0.581. The Morgan fingerprint density at radius 2 is 2.11 bits per heavy atom. The van der Waals surface area contributed by atoms with E-state index in [1.807, 2.05) is 0 Å². The molecule has 0 radical (unpaired) electrons. The predicted octanol–water partition coefficient (Wildman–Crippen LogP) is 2.13. The van der Waals surface area contributed by atoms with Gasteiger partial charge in [-0.05, 0) is 11.0 Å². The fourth-order valence-electron chi connectivity index (χ4n) is 0.466. The molecule has 1 unspecified atom stereocenters. The average Bonchev–Trinajstić information content (AvgIpc) is 1.81. The second-order valence-electron chi connectivity index (χ2n) is 1.64. The monoisotopic (exact) mass is 194 g/mol. The largest absolute Gasteiger partial charge is 3.00 e. The molecule has 54 valence electrons. The summed E-state index contributed by atoms with van der Waals surface area (Å²) < 4.78 is 14.3. The van der Waals surface area contributed by atoms with Gasteiger partial charge < -0.3 is 0 Å². The average molecular weight is 194 g/mol. The molecule has 0 amide bonds. The van der Waals surface area contributed by atoms with E-state index in [4.69, 9.17) is 0 Å². The zero-order valence-corrected chi connectivity index (χ0v) is 7.52. The zero-order valence-electron chi connectivity index (χ0n) is 5.48. The number of hydrogen-bond donors (Lipinski definition) is 0. The van der Waals surface area contributed by atoms with Crippen molar-refractivity contribution in [2.24, 2.45) is 0 Å². The van der Waals surface area contributed by atoms with Crippen molar-refractivity contribution < 1.29 is 25.9 Å². The standard InChI is InChI=1S/C5H12O2P.Co/c1-2-3-4-5-7-8-6;/h8H,2-5H2,1H3;/q+1;+3. The van der Waals surface area contributed by atoms with Crippen LogP contribution >= 0.6 is 8.69 Å². The Kier molecular flexibility index (Phi) is 15.5. The van der Waals surface area contributed by atoms with Gasteiger partial charge in [0, 0.05) is 0 Å². The number of hydrogen-bond acceptors (Lipinski definition) is 2. The molecule has 2 nitrogen and oxygen atoms in total. The van der Waals surface area contributed by atoms with Gasteiger partial charge in [-0.1, -0.05) is 19.8 Å². The first-order chi connectivity index (χ1) is 3.91. The van der Waals surface area contributed by atoms with E-state index >= 15 is 0 Å². The molecule has 1 atom stereocenters. The van der Waals surface area contributed by atoms with Crippen LogP contribution in [-0.2, 0) is 25.9 Å². The summed E-state index contributed by atoms with van der Waals surface area (Å²) in [5, 5.41) is 0. The molecule has 0 aromatic carbocycles. The molecular formula is C5H12CoO2P+4. The Morgan fingerprint density at radius 3 is 2.56 bits per heavy atom. The Bertz CT molecular complexity index is 60.9. The molecule has 0 bridgehead atoms. The third-order valence-corrected chi connectivity index (χ3v) is 1.23. The maximum Gasteiger partial charge on any atom is 3.00 e. The fraction of sp³-hybridized carbons (Fsp3) is 1.00. The van der Waals surface area contributed by atoms with Gasteiger partial charge in [-0.15, -0.1) is 4.52 Å². The zero-order chi connectivity index (χ0) is 6.24. The normalized spacial score (nSPS) is 9.00. The van der Waals surface area contributed by atoms with E-state index in [1.165, 1.54) is 12.8 Å². The van der Waals surface area contributed by atoms with Gasteiger partial charge in [0.1, 0.15) is 6.61 Å². The van der Waals surface area contributed by atoms with E-state index in [0.717, 1.165) is 6.42 Å². The van der Waals surface area contributed by atoms with Crippen molar-refractivity contribution in [3.8, 4) is 0 Å². The van der Waals surface area contributed by atoms with Crippen molar-refractivity contribution in [2.45, 2.75) is 26.2 Å². The quantitative estimate of drug-likeness (QED) is 0.495. The Labute approximate surface area is 67.8 Å². The van der Waals surface area contributed by atoms with Crippen molar-refractivity contribution >= 4 is 8.69 Å². The van der Waals surface area contributed by atoms with E-state index < -0.39 is 8.69 Å². The van der Waals surface area contributed by atoms with Crippen LogP contribution in [0.25, 0.3) is 0 Å². The minimum atomic E-state index is -0.581. The van der Waals surface area contributed by atoms with Crippen LogP contribution in [-0.4, -0.2) is 6.61 Å². The van der Waals surface area contributed by atoms with Gasteiger partial charge in [0.25, 0.3) is 0 Å². The first kappa shape index (κ1) is 12.3. The number of rotatable bonds is 5. The topological polar surface area (TPSA) is 26.3 Å². The summed E-state index contributed by atoms with van der Waals surface area (Å²) in [6.07, 6.45) is 3.39. The van der Waals surface area contributed by atoms with E-state index in [-0.39, 0.29) is 16.8 Å². The van der Waals surface area contributed by atoms with Gasteiger partial charge >= 0.3 is 25.5 Å². The third-order valence-electron chi connectivity index (χ3n) is 0.909. The van der Waals surface area contributed by atoms with Crippen molar-refractivity contribution in [2.75, 3.05) is 6.61 Å². The third kappa shape index (κ3) is 11.9. The van der Waals surface area contributed by atoms with Gasteiger partial charge in [-0.3, -0.25) is 0 Å². The van der Waals surface area contributed by atoms with Crippen LogP contribution in [0.2, 0.25) is 0 Å². The second kappa shape index (κ2) is 11.4. The molecule has 0 aromatic rings. The first-order valence-corrected chi connectivity index (χ1v) is 3.72. The van der Waals surface area contributed by atoms with Crippen molar-refractivity contribution in [1.29, 1.82) is 0 Å². The van der Waals surface area contributed by atoms with Crippen LogP contribution in [0.15, 0.2) is 0 Å². The molecule has 0 aliphatic heterocycles. The van der Waals surface area contributed by atoms with Crippen LogP contribution < -0.4 is 0 Å². The Morgan fingerprint density at radius 1 is 1.44 bits per heavy atom. The minimum absolute atomic E-state index is 0. The fourth-order valence-corrected chi connectivity index (χ4v) is 0.694. The molecule has 0 aliphatic rings. The molecule has 4 heteroatoms. The molecule has 0 N–H and O–H groups in total. The smallest absolute Gasteiger partial charge is 0.148 e. The summed E-state index contributed by atoms with van der Waals surface area (Å²) >= 11 is 0. The Hall–Kier alpha value is 0.566. The SMILES string of the molecule is CCCCCO[PH+]=O.[Co+3]. The van der Waals surface area contributed by atoms with E-state index in [1.54, 1.807) is 0 Å². The molecule has 0 saturated heterocycles. The van der Waals surface area contributed by atoms with Gasteiger partial charge in [0.15, 0.2) is 0 Å². The number of unbranched alkanes of at least 4 members (excludes halogenated alkanes) is 2. The summed E-state index contributed by atoms with van der Waals surface area (Å²) in [5.41, 5.74) is 0. The minimum Gasteiger partial charge on any atom is -0.148 e. The first-order valence-electron chi connectivity index (χ1n) is 2.90. The molecule has 0 aliphatic carbocycles. The van der Waals surface area contributed by atoms with Gasteiger partial charge in [-0.25, -0.2) is 0 Å². The molecule has 0 saturated carbocycles. The van der Waals surface area contributed by atoms with Gasteiger partial charge in [0.05, 0.1) is 0 Å². The van der Waals surface area contributed by atoms with Crippen LogP contribution in [0.4, 0.5) is 0 Å². The van der Waals surface area contributed by atoms with Crippen molar-refractivity contribution in [1.82, 2.24) is 0 Å². The maximum atomic E-state index is 9.70. The van der Waals surface area contributed by atoms with Crippen molar-refractivity contribution in [3.63, 3.8) is 0 Å². The molecule has 0 heterocycles. The van der Waals surface area contributed by atoms with E-state index in [2.05, 4.69) is 11.4 Å². The van der Waals surface area contributed by atoms with E-state index in [9.17, 15) is 4.57 Å².